The van der Waals surface area contributed by atoms with Gasteiger partial charge in [-0.2, -0.15) is 5.10 Å². The summed E-state index contributed by atoms with van der Waals surface area (Å²) in [6, 6.07) is 2.77. The fourth-order valence-electron chi connectivity index (χ4n) is 3.67. The lowest BCUT2D eigenvalue weighted by Crippen LogP contribution is -2.47. The molecule has 0 spiro atoms. The second-order valence-electron chi connectivity index (χ2n) is 7.55. The summed E-state index contributed by atoms with van der Waals surface area (Å²) in [7, 11) is 0. The highest BCUT2D eigenvalue weighted by Crippen LogP contribution is 2.37. The molecule has 7 N–H and O–H groups in total. The van der Waals surface area contributed by atoms with E-state index >= 15 is 0 Å². The van der Waals surface area contributed by atoms with Crippen molar-refractivity contribution in [1.82, 2.24) is 20.1 Å². The summed E-state index contributed by atoms with van der Waals surface area (Å²) in [6.07, 6.45) is 3.94. The maximum Gasteiger partial charge on any atom is 0.247 e. The van der Waals surface area contributed by atoms with Gasteiger partial charge < -0.3 is 26.4 Å². The number of halogens is 3. The first-order valence-corrected chi connectivity index (χ1v) is 10.4. The Balaban J connectivity index is 1.62. The van der Waals surface area contributed by atoms with Crippen LogP contribution in [0.3, 0.4) is 0 Å². The molecule has 1 saturated heterocycles. The zero-order valence-electron chi connectivity index (χ0n) is 16.8. The van der Waals surface area contributed by atoms with Crippen LogP contribution in [0.1, 0.15) is 24.6 Å². The zero-order chi connectivity index (χ0) is 23.2. The Hall–Kier alpha value is -2.47. The molecule has 1 fully saturated rings. The summed E-state index contributed by atoms with van der Waals surface area (Å²) in [4.78, 5) is 4.15. The van der Waals surface area contributed by atoms with Gasteiger partial charge >= 0.3 is 0 Å². The Kier molecular flexibility index (Phi) is 6.01. The van der Waals surface area contributed by atoms with Crippen LogP contribution < -0.4 is 21.5 Å². The first-order valence-electron chi connectivity index (χ1n) is 9.64. The lowest BCUT2D eigenvalue weighted by molar-refractivity contribution is -0.199. The molecule has 0 radical (unpaired) electrons. The van der Waals surface area contributed by atoms with Crippen molar-refractivity contribution in [3.63, 3.8) is 0 Å². The molecule has 1 aliphatic heterocycles. The second kappa shape index (κ2) is 8.47. The summed E-state index contributed by atoms with van der Waals surface area (Å²) in [6.45, 7) is 1.88. The molecule has 9 nitrogen and oxygen atoms in total. The molecule has 170 valence electrons. The summed E-state index contributed by atoms with van der Waals surface area (Å²) in [5, 5.41) is 27.1. The fourth-order valence-corrected chi connectivity index (χ4v) is 4.35. The number of nitrogen functional groups attached to an aromatic ring is 1. The standard InChI is InChI=1S/C20H21Cl2FN6O3/c1-9(16-12(21)2-3-13(23)17(16)22)32-15-4-10(5-26-19(15)25)11-6-28-29(8-11)18-14(24)7-27-20(18,30)31/h2-6,8-9,14,18,27,30-31H,7,24H2,1H3,(H2,25,26). The highest BCUT2D eigenvalue weighted by Gasteiger charge is 2.46. The van der Waals surface area contributed by atoms with Crippen LogP contribution in [-0.4, -0.2) is 43.5 Å². The molecule has 4 rings (SSSR count). The van der Waals surface area contributed by atoms with E-state index in [1.807, 2.05) is 0 Å². The number of nitrogens with one attached hydrogen (secondary N) is 1. The van der Waals surface area contributed by atoms with Crippen LogP contribution in [0.2, 0.25) is 10.0 Å². The van der Waals surface area contributed by atoms with Crippen molar-refractivity contribution in [2.45, 2.75) is 31.0 Å². The lowest BCUT2D eigenvalue weighted by atomic mass is 10.1. The highest BCUT2D eigenvalue weighted by molar-refractivity contribution is 6.36. The number of aliphatic hydroxyl groups is 2. The van der Waals surface area contributed by atoms with E-state index in [9.17, 15) is 14.6 Å². The minimum absolute atomic E-state index is 0.114. The number of hydrogen-bond acceptors (Lipinski definition) is 8. The molecule has 0 amide bonds. The summed E-state index contributed by atoms with van der Waals surface area (Å²) in [5.74, 6) is -2.45. The fraction of sp³-hybridized carbons (Fsp3) is 0.300. The molecule has 0 bridgehead atoms. The van der Waals surface area contributed by atoms with Crippen molar-refractivity contribution in [1.29, 1.82) is 0 Å². The van der Waals surface area contributed by atoms with Crippen LogP contribution in [0.15, 0.2) is 36.8 Å². The minimum atomic E-state index is -2.19. The molecule has 3 heterocycles. The van der Waals surface area contributed by atoms with E-state index in [4.69, 9.17) is 39.4 Å². The molecule has 1 aliphatic rings. The van der Waals surface area contributed by atoms with Crippen LogP contribution in [0.5, 0.6) is 5.75 Å². The minimum Gasteiger partial charge on any atom is -0.482 e. The monoisotopic (exact) mass is 482 g/mol. The second-order valence-corrected chi connectivity index (χ2v) is 8.33. The summed E-state index contributed by atoms with van der Waals surface area (Å²) >= 11 is 12.3. The van der Waals surface area contributed by atoms with E-state index in [2.05, 4.69) is 15.4 Å². The number of rotatable bonds is 5. The van der Waals surface area contributed by atoms with Gasteiger partial charge in [0, 0.05) is 46.7 Å². The number of aromatic nitrogens is 3. The van der Waals surface area contributed by atoms with Crippen LogP contribution >= 0.6 is 23.2 Å². The number of nitrogens with two attached hydrogens (primary N) is 2. The van der Waals surface area contributed by atoms with Gasteiger partial charge in [-0.25, -0.2) is 9.37 Å². The summed E-state index contributed by atoms with van der Waals surface area (Å²) in [5.41, 5.74) is 13.5. The molecule has 2 aromatic heterocycles. The predicted octanol–water partition coefficient (Wildman–Crippen LogP) is 2.22. The molecule has 32 heavy (non-hydrogen) atoms. The van der Waals surface area contributed by atoms with Gasteiger partial charge in [-0.1, -0.05) is 23.2 Å². The molecule has 0 saturated carbocycles. The number of benzene rings is 1. The molecule has 12 heteroatoms. The van der Waals surface area contributed by atoms with Crippen LogP contribution in [0.25, 0.3) is 11.1 Å². The van der Waals surface area contributed by atoms with Crippen molar-refractivity contribution in [3.8, 4) is 16.9 Å². The molecule has 3 atom stereocenters. The van der Waals surface area contributed by atoms with Crippen molar-refractivity contribution in [2.24, 2.45) is 5.73 Å². The third kappa shape index (κ3) is 4.13. The maximum atomic E-state index is 13.9. The molecular formula is C20H21Cl2FN6O3. The van der Waals surface area contributed by atoms with E-state index in [0.29, 0.717) is 11.1 Å². The number of ether oxygens (including phenoxy) is 1. The van der Waals surface area contributed by atoms with Crippen LogP contribution in [0.4, 0.5) is 10.2 Å². The van der Waals surface area contributed by atoms with Gasteiger partial charge in [0.25, 0.3) is 0 Å². The normalized spacial score (nSPS) is 21.0. The zero-order valence-corrected chi connectivity index (χ0v) is 18.3. The van der Waals surface area contributed by atoms with Gasteiger partial charge in [0.05, 0.1) is 11.2 Å². The molecule has 0 aliphatic carbocycles. The van der Waals surface area contributed by atoms with Gasteiger partial charge in [-0.05, 0) is 25.1 Å². The third-order valence-corrected chi connectivity index (χ3v) is 6.02. The molecule has 3 unspecified atom stereocenters. The largest absolute Gasteiger partial charge is 0.482 e. The number of anilines is 1. The Morgan fingerprint density at radius 3 is 2.75 bits per heavy atom. The van der Waals surface area contributed by atoms with E-state index in [1.165, 1.54) is 29.2 Å². The van der Waals surface area contributed by atoms with E-state index in [-0.39, 0.29) is 33.7 Å². The van der Waals surface area contributed by atoms with E-state index < -0.39 is 29.9 Å². The first-order chi connectivity index (χ1) is 15.1. The first kappa shape index (κ1) is 22.7. The van der Waals surface area contributed by atoms with Crippen molar-refractivity contribution in [2.75, 3.05) is 12.3 Å². The Morgan fingerprint density at radius 2 is 2.06 bits per heavy atom. The number of nitrogens with zero attached hydrogens (tertiary/aromatic N) is 3. The van der Waals surface area contributed by atoms with Crippen LogP contribution in [-0.2, 0) is 0 Å². The summed E-state index contributed by atoms with van der Waals surface area (Å²) < 4.78 is 21.2. The van der Waals surface area contributed by atoms with Crippen molar-refractivity contribution < 1.29 is 19.3 Å². The van der Waals surface area contributed by atoms with E-state index in [0.717, 1.165) is 0 Å². The van der Waals surface area contributed by atoms with Crippen LogP contribution in [0, 0.1) is 5.82 Å². The average Bonchev–Trinajstić information content (AvgIpc) is 3.30. The third-order valence-electron chi connectivity index (χ3n) is 5.31. The number of pyridine rings is 1. The van der Waals surface area contributed by atoms with Gasteiger partial charge in [0.1, 0.15) is 18.0 Å². The Bertz CT molecular complexity index is 1160. The quantitative estimate of drug-likeness (QED) is 0.275. The highest BCUT2D eigenvalue weighted by atomic mass is 35.5. The van der Waals surface area contributed by atoms with E-state index in [1.54, 1.807) is 19.2 Å². The molecule has 3 aromatic rings. The Morgan fingerprint density at radius 1 is 1.31 bits per heavy atom. The van der Waals surface area contributed by atoms with Gasteiger partial charge in [0.2, 0.25) is 5.91 Å². The van der Waals surface area contributed by atoms with Crippen molar-refractivity contribution in [3.05, 3.63) is 58.2 Å². The molecular weight excluding hydrogens is 462 g/mol. The van der Waals surface area contributed by atoms with Gasteiger partial charge in [-0.3, -0.25) is 10.00 Å². The Labute approximate surface area is 192 Å². The smallest absolute Gasteiger partial charge is 0.247 e. The van der Waals surface area contributed by atoms with Gasteiger partial charge in [-0.15, -0.1) is 0 Å². The van der Waals surface area contributed by atoms with Gasteiger partial charge in [0.15, 0.2) is 11.6 Å². The maximum absolute atomic E-state index is 13.9. The van der Waals surface area contributed by atoms with Crippen molar-refractivity contribution >= 4 is 29.0 Å². The molecule has 1 aromatic carbocycles. The SMILES string of the molecule is CC(Oc1cc(-c2cnn(C3C(N)CNC3(O)O)c2)cnc1N)c1c(Cl)ccc(F)c1Cl. The predicted molar refractivity (Wildman–Crippen MR) is 118 cm³/mol. The number of hydrogen-bond donors (Lipinski definition) is 5. The average molecular weight is 483 g/mol. The topological polar surface area (TPSA) is 144 Å². The lowest BCUT2D eigenvalue weighted by Gasteiger charge is -2.25.